The molecule has 160 valence electrons. The van der Waals surface area contributed by atoms with E-state index in [4.69, 9.17) is 4.74 Å². The number of carbonyl (C=O) groups is 2. The Balaban J connectivity index is 1.74. The minimum Gasteiger partial charge on any atom is -0.484 e. The van der Waals surface area contributed by atoms with Gasteiger partial charge in [0.1, 0.15) is 11.8 Å². The summed E-state index contributed by atoms with van der Waals surface area (Å²) in [6, 6.07) is 17.2. The maximum absolute atomic E-state index is 13.1. The molecule has 0 aromatic heterocycles. The Bertz CT molecular complexity index is 818. The van der Waals surface area contributed by atoms with Crippen molar-refractivity contribution in [2.24, 2.45) is 5.92 Å². The number of nitrogens with one attached hydrogen (secondary N) is 1. The Morgan fingerprint density at radius 1 is 1.07 bits per heavy atom. The summed E-state index contributed by atoms with van der Waals surface area (Å²) < 4.78 is 5.68. The maximum atomic E-state index is 13.1. The van der Waals surface area contributed by atoms with Gasteiger partial charge in [-0.05, 0) is 54.9 Å². The van der Waals surface area contributed by atoms with E-state index in [0.29, 0.717) is 31.2 Å². The molecule has 30 heavy (non-hydrogen) atoms. The molecule has 2 aromatic carbocycles. The van der Waals surface area contributed by atoms with E-state index in [1.165, 1.54) is 5.56 Å². The predicted octanol–water partition coefficient (Wildman–Crippen LogP) is 3.96. The largest absolute Gasteiger partial charge is 0.484 e. The number of carbonyl (C=O) groups excluding carboxylic acids is 2. The van der Waals surface area contributed by atoms with Crippen molar-refractivity contribution in [1.29, 1.82) is 0 Å². The van der Waals surface area contributed by atoms with E-state index in [0.717, 1.165) is 24.8 Å². The van der Waals surface area contributed by atoms with Gasteiger partial charge in [0, 0.05) is 13.1 Å². The van der Waals surface area contributed by atoms with E-state index in [-0.39, 0.29) is 18.4 Å². The number of para-hydroxylation sites is 1. The van der Waals surface area contributed by atoms with E-state index in [9.17, 15) is 9.59 Å². The van der Waals surface area contributed by atoms with Crippen LogP contribution >= 0.6 is 0 Å². The molecule has 0 aliphatic carbocycles. The number of benzene rings is 2. The zero-order valence-electron chi connectivity index (χ0n) is 18.0. The zero-order chi connectivity index (χ0) is 21.3. The first-order chi connectivity index (χ1) is 14.5. The molecular weight excluding hydrogens is 376 g/mol. The maximum Gasteiger partial charge on any atom is 0.261 e. The standard InChI is InChI=1S/C25H32N2O3/c1-19(2)16-20-11-13-21(14-12-20)17-27(23-10-6-7-15-26-25(23)29)24(28)18-30-22-8-4-3-5-9-22/h3-5,8-9,11-14,19,23H,6-7,10,15-18H2,1-2H3,(H,26,29). The van der Waals surface area contributed by atoms with Gasteiger partial charge in [-0.1, -0.05) is 56.3 Å². The van der Waals surface area contributed by atoms with Gasteiger partial charge >= 0.3 is 0 Å². The molecule has 1 heterocycles. The summed E-state index contributed by atoms with van der Waals surface area (Å²) in [4.78, 5) is 27.4. The molecule has 0 spiro atoms. The van der Waals surface area contributed by atoms with Crippen LogP contribution in [-0.2, 0) is 22.6 Å². The predicted molar refractivity (Wildman–Crippen MR) is 118 cm³/mol. The van der Waals surface area contributed by atoms with Gasteiger partial charge in [0.05, 0.1) is 0 Å². The summed E-state index contributed by atoms with van der Waals surface area (Å²) >= 11 is 0. The lowest BCUT2D eigenvalue weighted by Gasteiger charge is -2.30. The Labute approximate surface area is 179 Å². The highest BCUT2D eigenvalue weighted by Gasteiger charge is 2.31. The summed E-state index contributed by atoms with van der Waals surface area (Å²) in [7, 11) is 0. The lowest BCUT2D eigenvalue weighted by Crippen LogP contribution is -2.49. The highest BCUT2D eigenvalue weighted by atomic mass is 16.5. The van der Waals surface area contributed by atoms with Gasteiger partial charge in [-0.3, -0.25) is 9.59 Å². The van der Waals surface area contributed by atoms with Crippen molar-refractivity contribution in [1.82, 2.24) is 10.2 Å². The molecule has 1 aliphatic rings. The van der Waals surface area contributed by atoms with Crippen LogP contribution in [0.3, 0.4) is 0 Å². The van der Waals surface area contributed by atoms with Crippen LogP contribution in [0, 0.1) is 5.92 Å². The van der Waals surface area contributed by atoms with Crippen molar-refractivity contribution in [3.05, 3.63) is 65.7 Å². The van der Waals surface area contributed by atoms with Crippen LogP contribution in [0.1, 0.15) is 44.2 Å². The smallest absolute Gasteiger partial charge is 0.261 e. The van der Waals surface area contributed by atoms with Crippen molar-refractivity contribution in [2.45, 2.75) is 52.1 Å². The fraction of sp³-hybridized carbons (Fsp3) is 0.440. The number of rotatable bonds is 8. The monoisotopic (exact) mass is 408 g/mol. The number of hydrogen-bond acceptors (Lipinski definition) is 3. The van der Waals surface area contributed by atoms with Gasteiger partial charge in [-0.2, -0.15) is 0 Å². The van der Waals surface area contributed by atoms with Gasteiger partial charge in [-0.25, -0.2) is 0 Å². The number of ether oxygens (including phenoxy) is 1. The van der Waals surface area contributed by atoms with Crippen LogP contribution in [-0.4, -0.2) is 35.9 Å². The number of nitrogens with zero attached hydrogens (tertiary/aromatic N) is 1. The van der Waals surface area contributed by atoms with Crippen LogP contribution in [0.5, 0.6) is 5.75 Å². The average molecular weight is 409 g/mol. The molecule has 2 aromatic rings. The van der Waals surface area contributed by atoms with E-state index in [1.54, 1.807) is 4.90 Å². The van der Waals surface area contributed by atoms with Crippen LogP contribution in [0.2, 0.25) is 0 Å². The second-order valence-electron chi connectivity index (χ2n) is 8.34. The molecule has 0 saturated carbocycles. The first-order valence-electron chi connectivity index (χ1n) is 10.9. The Kier molecular flexibility index (Phi) is 7.89. The fourth-order valence-electron chi connectivity index (χ4n) is 3.79. The third kappa shape index (κ3) is 6.34. The van der Waals surface area contributed by atoms with E-state index < -0.39 is 6.04 Å². The van der Waals surface area contributed by atoms with Crippen LogP contribution in [0.15, 0.2) is 54.6 Å². The number of hydrogen-bond donors (Lipinski definition) is 1. The van der Waals surface area contributed by atoms with E-state index >= 15 is 0 Å². The molecule has 1 aliphatic heterocycles. The molecule has 0 bridgehead atoms. The molecule has 1 fully saturated rings. The molecule has 1 unspecified atom stereocenters. The van der Waals surface area contributed by atoms with Crippen molar-refractivity contribution >= 4 is 11.8 Å². The normalized spacial score (nSPS) is 16.6. The van der Waals surface area contributed by atoms with Crippen LogP contribution < -0.4 is 10.1 Å². The SMILES string of the molecule is CC(C)Cc1ccc(CN(C(=O)COc2ccccc2)C2CCCCNC2=O)cc1. The van der Waals surface area contributed by atoms with Gasteiger partial charge in [0.15, 0.2) is 6.61 Å². The van der Waals surface area contributed by atoms with E-state index in [1.807, 2.05) is 30.3 Å². The van der Waals surface area contributed by atoms with Crippen molar-refractivity contribution < 1.29 is 14.3 Å². The first kappa shape index (κ1) is 21.9. The molecule has 2 amide bonds. The molecule has 1 N–H and O–H groups in total. The lowest BCUT2D eigenvalue weighted by atomic mass is 10.0. The van der Waals surface area contributed by atoms with Crippen molar-refractivity contribution in [3.8, 4) is 5.75 Å². The summed E-state index contributed by atoms with van der Waals surface area (Å²) in [5, 5.41) is 2.95. The topological polar surface area (TPSA) is 58.6 Å². The van der Waals surface area contributed by atoms with E-state index in [2.05, 4.69) is 43.4 Å². The van der Waals surface area contributed by atoms with Crippen LogP contribution in [0.4, 0.5) is 0 Å². The summed E-state index contributed by atoms with van der Waals surface area (Å²) in [5.41, 5.74) is 2.30. The summed E-state index contributed by atoms with van der Waals surface area (Å²) in [6.45, 7) is 5.38. The molecule has 1 atom stereocenters. The first-order valence-corrected chi connectivity index (χ1v) is 10.9. The Hall–Kier alpha value is -2.82. The Morgan fingerprint density at radius 2 is 1.77 bits per heavy atom. The molecule has 5 nitrogen and oxygen atoms in total. The minimum atomic E-state index is -0.463. The molecule has 0 radical (unpaired) electrons. The summed E-state index contributed by atoms with van der Waals surface area (Å²) in [5.74, 6) is 0.997. The average Bonchev–Trinajstić information content (AvgIpc) is 2.96. The van der Waals surface area contributed by atoms with Gasteiger partial charge in [0.2, 0.25) is 5.91 Å². The highest BCUT2D eigenvalue weighted by molar-refractivity contribution is 5.88. The molecular formula is C25H32N2O3. The molecule has 3 rings (SSSR count). The van der Waals surface area contributed by atoms with Crippen molar-refractivity contribution in [3.63, 3.8) is 0 Å². The lowest BCUT2D eigenvalue weighted by molar-refractivity contribution is -0.142. The second-order valence-corrected chi connectivity index (χ2v) is 8.34. The quantitative estimate of drug-likeness (QED) is 0.719. The summed E-state index contributed by atoms with van der Waals surface area (Å²) in [6.07, 6.45) is 3.56. The zero-order valence-corrected chi connectivity index (χ0v) is 18.0. The van der Waals surface area contributed by atoms with Gasteiger partial charge in [-0.15, -0.1) is 0 Å². The second kappa shape index (κ2) is 10.8. The van der Waals surface area contributed by atoms with Crippen molar-refractivity contribution in [2.75, 3.05) is 13.2 Å². The highest BCUT2D eigenvalue weighted by Crippen LogP contribution is 2.18. The third-order valence-electron chi connectivity index (χ3n) is 5.33. The van der Waals surface area contributed by atoms with Gasteiger partial charge in [0.25, 0.3) is 5.91 Å². The number of amides is 2. The molecule has 1 saturated heterocycles. The fourth-order valence-corrected chi connectivity index (χ4v) is 3.79. The third-order valence-corrected chi connectivity index (χ3v) is 5.33. The Morgan fingerprint density at radius 3 is 2.47 bits per heavy atom. The van der Waals surface area contributed by atoms with Crippen LogP contribution in [0.25, 0.3) is 0 Å². The minimum absolute atomic E-state index is 0.0722. The molecule has 5 heteroatoms. The van der Waals surface area contributed by atoms with Gasteiger partial charge < -0.3 is 15.0 Å².